The van der Waals surface area contributed by atoms with Crippen molar-refractivity contribution in [3.05, 3.63) is 53.5 Å². The number of aryl methyl sites for hydroxylation is 3. The maximum absolute atomic E-state index is 12.8. The molecule has 1 N–H and O–H groups in total. The van der Waals surface area contributed by atoms with Gasteiger partial charge in [-0.05, 0) is 50.8 Å². The van der Waals surface area contributed by atoms with E-state index in [9.17, 15) is 4.79 Å². The maximum Gasteiger partial charge on any atom is 0.225 e. The van der Waals surface area contributed by atoms with Crippen molar-refractivity contribution in [3.8, 4) is 0 Å². The highest BCUT2D eigenvalue weighted by Gasteiger charge is 2.27. The Morgan fingerprint density at radius 3 is 2.76 bits per heavy atom. The zero-order valence-corrected chi connectivity index (χ0v) is 17.5. The Morgan fingerprint density at radius 2 is 1.97 bits per heavy atom. The summed E-state index contributed by atoms with van der Waals surface area (Å²) in [4.78, 5) is 24.1. The molecule has 1 fully saturated rings. The van der Waals surface area contributed by atoms with Crippen LogP contribution in [0.2, 0.25) is 0 Å². The number of benzene rings is 1. The molecule has 152 valence electrons. The molecule has 1 saturated heterocycles. The SMILES string of the molecule is Cc1cc(C)nc(N2CCCC(C(=O)NCCc3cn(C)c4ccccc34)C2)n1. The van der Waals surface area contributed by atoms with E-state index in [0.717, 1.165) is 43.1 Å². The molecule has 1 unspecified atom stereocenters. The first-order valence-corrected chi connectivity index (χ1v) is 10.4. The van der Waals surface area contributed by atoms with E-state index < -0.39 is 0 Å². The topological polar surface area (TPSA) is 63.1 Å². The molecule has 4 rings (SSSR count). The lowest BCUT2D eigenvalue weighted by atomic mass is 9.97. The summed E-state index contributed by atoms with van der Waals surface area (Å²) in [7, 11) is 2.07. The van der Waals surface area contributed by atoms with Gasteiger partial charge in [-0.25, -0.2) is 9.97 Å². The van der Waals surface area contributed by atoms with Crippen molar-refractivity contribution in [1.82, 2.24) is 19.9 Å². The van der Waals surface area contributed by atoms with Gasteiger partial charge in [-0.1, -0.05) is 18.2 Å². The highest BCUT2D eigenvalue weighted by molar-refractivity contribution is 5.84. The molecule has 1 amide bonds. The number of piperidine rings is 1. The third-order valence-electron chi connectivity index (χ3n) is 5.72. The molecule has 0 aliphatic carbocycles. The fourth-order valence-electron chi connectivity index (χ4n) is 4.31. The Hall–Kier alpha value is -2.89. The molecule has 29 heavy (non-hydrogen) atoms. The molecule has 0 radical (unpaired) electrons. The van der Waals surface area contributed by atoms with E-state index in [1.54, 1.807) is 0 Å². The van der Waals surface area contributed by atoms with E-state index in [-0.39, 0.29) is 11.8 Å². The van der Waals surface area contributed by atoms with E-state index in [0.29, 0.717) is 13.1 Å². The molecular weight excluding hydrogens is 362 g/mol. The van der Waals surface area contributed by atoms with Gasteiger partial charge in [0, 0.05) is 55.2 Å². The molecule has 0 saturated carbocycles. The molecule has 0 bridgehead atoms. The monoisotopic (exact) mass is 391 g/mol. The summed E-state index contributed by atoms with van der Waals surface area (Å²) < 4.78 is 2.15. The smallest absolute Gasteiger partial charge is 0.225 e. The molecule has 1 aromatic carbocycles. The van der Waals surface area contributed by atoms with Gasteiger partial charge in [-0.3, -0.25) is 4.79 Å². The van der Waals surface area contributed by atoms with Crippen LogP contribution >= 0.6 is 0 Å². The maximum atomic E-state index is 12.8. The fourth-order valence-corrected chi connectivity index (χ4v) is 4.31. The normalized spacial score (nSPS) is 16.9. The third-order valence-corrected chi connectivity index (χ3v) is 5.72. The number of aromatic nitrogens is 3. The van der Waals surface area contributed by atoms with Gasteiger partial charge >= 0.3 is 0 Å². The summed E-state index contributed by atoms with van der Waals surface area (Å²) in [6.07, 6.45) is 4.90. The van der Waals surface area contributed by atoms with E-state index in [1.165, 1.54) is 16.5 Å². The van der Waals surface area contributed by atoms with Crippen LogP contribution in [0.3, 0.4) is 0 Å². The van der Waals surface area contributed by atoms with Gasteiger partial charge in [0.15, 0.2) is 0 Å². The van der Waals surface area contributed by atoms with Gasteiger partial charge in [-0.2, -0.15) is 0 Å². The summed E-state index contributed by atoms with van der Waals surface area (Å²) >= 11 is 0. The van der Waals surface area contributed by atoms with Crippen molar-refractivity contribution in [2.75, 3.05) is 24.5 Å². The second kappa shape index (κ2) is 8.23. The lowest BCUT2D eigenvalue weighted by molar-refractivity contribution is -0.125. The highest BCUT2D eigenvalue weighted by atomic mass is 16.1. The van der Waals surface area contributed by atoms with Crippen LogP contribution in [-0.2, 0) is 18.3 Å². The molecule has 1 atom stereocenters. The van der Waals surface area contributed by atoms with Crippen molar-refractivity contribution in [2.45, 2.75) is 33.1 Å². The van der Waals surface area contributed by atoms with Crippen LogP contribution in [0.4, 0.5) is 5.95 Å². The lowest BCUT2D eigenvalue weighted by Crippen LogP contribution is -2.44. The van der Waals surface area contributed by atoms with Crippen LogP contribution in [0.1, 0.15) is 29.8 Å². The minimum Gasteiger partial charge on any atom is -0.355 e. The Kier molecular flexibility index (Phi) is 5.51. The Morgan fingerprint density at radius 1 is 1.21 bits per heavy atom. The number of amides is 1. The zero-order valence-electron chi connectivity index (χ0n) is 17.5. The number of nitrogens with one attached hydrogen (secondary N) is 1. The predicted molar refractivity (Wildman–Crippen MR) is 116 cm³/mol. The number of rotatable bonds is 5. The van der Waals surface area contributed by atoms with Crippen LogP contribution in [0.25, 0.3) is 10.9 Å². The van der Waals surface area contributed by atoms with Gasteiger partial charge in [0.25, 0.3) is 0 Å². The molecular formula is C23H29N5O. The summed E-state index contributed by atoms with van der Waals surface area (Å²) in [5.41, 5.74) is 4.44. The van der Waals surface area contributed by atoms with E-state index in [1.807, 2.05) is 19.9 Å². The van der Waals surface area contributed by atoms with Crippen molar-refractivity contribution in [2.24, 2.45) is 13.0 Å². The van der Waals surface area contributed by atoms with Crippen molar-refractivity contribution < 1.29 is 4.79 Å². The van der Waals surface area contributed by atoms with E-state index >= 15 is 0 Å². The fraction of sp³-hybridized carbons (Fsp3) is 0.435. The van der Waals surface area contributed by atoms with Crippen molar-refractivity contribution in [1.29, 1.82) is 0 Å². The quantitative estimate of drug-likeness (QED) is 0.726. The number of anilines is 1. The second-order valence-corrected chi connectivity index (χ2v) is 8.06. The highest BCUT2D eigenvalue weighted by Crippen LogP contribution is 2.22. The van der Waals surface area contributed by atoms with Gasteiger partial charge in [-0.15, -0.1) is 0 Å². The largest absolute Gasteiger partial charge is 0.355 e. The number of para-hydroxylation sites is 1. The average Bonchev–Trinajstić information content (AvgIpc) is 3.03. The first-order chi connectivity index (χ1) is 14.0. The molecule has 2 aromatic heterocycles. The molecule has 6 heteroatoms. The van der Waals surface area contributed by atoms with Gasteiger partial charge < -0.3 is 14.8 Å². The van der Waals surface area contributed by atoms with Crippen LogP contribution in [0.15, 0.2) is 36.5 Å². The number of carbonyl (C=O) groups is 1. The van der Waals surface area contributed by atoms with Gasteiger partial charge in [0.05, 0.1) is 5.92 Å². The Bertz CT molecular complexity index is 1010. The summed E-state index contributed by atoms with van der Waals surface area (Å²) in [5.74, 6) is 0.871. The molecule has 0 spiro atoms. The predicted octanol–water partition coefficient (Wildman–Crippen LogP) is 3.16. The molecule has 3 heterocycles. The first-order valence-electron chi connectivity index (χ1n) is 10.4. The number of nitrogens with zero attached hydrogens (tertiary/aromatic N) is 4. The second-order valence-electron chi connectivity index (χ2n) is 8.06. The Labute approximate surface area is 172 Å². The number of hydrogen-bond acceptors (Lipinski definition) is 4. The molecule has 1 aliphatic heterocycles. The molecule has 1 aliphatic rings. The van der Waals surface area contributed by atoms with Crippen molar-refractivity contribution in [3.63, 3.8) is 0 Å². The summed E-state index contributed by atoms with van der Waals surface area (Å²) in [6, 6.07) is 10.4. The van der Waals surface area contributed by atoms with E-state index in [4.69, 9.17) is 0 Å². The average molecular weight is 392 g/mol. The number of carbonyl (C=O) groups excluding carboxylic acids is 1. The zero-order chi connectivity index (χ0) is 20.4. The number of hydrogen-bond donors (Lipinski definition) is 1. The lowest BCUT2D eigenvalue weighted by Gasteiger charge is -2.32. The molecule has 6 nitrogen and oxygen atoms in total. The Balaban J connectivity index is 1.35. The minimum absolute atomic E-state index is 0.0133. The summed E-state index contributed by atoms with van der Waals surface area (Å²) in [6.45, 7) is 6.22. The van der Waals surface area contributed by atoms with Crippen molar-refractivity contribution >= 4 is 22.8 Å². The van der Waals surface area contributed by atoms with Gasteiger partial charge in [0.2, 0.25) is 11.9 Å². The molecule has 3 aromatic rings. The standard InChI is InChI=1S/C23H29N5O/c1-16-13-17(2)26-23(25-16)28-12-6-7-19(15-28)22(29)24-11-10-18-14-27(3)21-9-5-4-8-20(18)21/h4-5,8-9,13-14,19H,6-7,10-12,15H2,1-3H3,(H,24,29). The minimum atomic E-state index is -0.0133. The van der Waals surface area contributed by atoms with Gasteiger partial charge in [0.1, 0.15) is 0 Å². The number of fused-ring (bicyclic) bond motifs is 1. The van der Waals surface area contributed by atoms with Crippen LogP contribution in [-0.4, -0.2) is 40.1 Å². The van der Waals surface area contributed by atoms with Crippen LogP contribution < -0.4 is 10.2 Å². The summed E-state index contributed by atoms with van der Waals surface area (Å²) in [5, 5.41) is 4.42. The third kappa shape index (κ3) is 4.26. The first kappa shape index (κ1) is 19.4. The van der Waals surface area contributed by atoms with Crippen LogP contribution in [0.5, 0.6) is 0 Å². The van der Waals surface area contributed by atoms with E-state index in [2.05, 4.69) is 62.3 Å². The van der Waals surface area contributed by atoms with Crippen LogP contribution in [0, 0.1) is 19.8 Å².